The number of carbonyl (C=O) groups is 1. The van der Waals surface area contributed by atoms with Crippen LogP contribution in [0.3, 0.4) is 0 Å². The SMILES string of the molecule is COc1cc(C2CCN(C)CC2)ccc1Nc1ncc2c(n1)N(C)C(=O)C(c1c(C)cccc1C)N2. The molecule has 0 saturated carbocycles. The highest BCUT2D eigenvalue weighted by molar-refractivity contribution is 6.04. The zero-order valence-electron chi connectivity index (χ0n) is 21.6. The van der Waals surface area contributed by atoms with E-state index in [0.29, 0.717) is 17.7 Å². The number of rotatable bonds is 5. The molecule has 0 spiro atoms. The maximum Gasteiger partial charge on any atom is 0.255 e. The van der Waals surface area contributed by atoms with Crippen molar-refractivity contribution in [3.63, 3.8) is 0 Å². The van der Waals surface area contributed by atoms with Crippen LogP contribution < -0.4 is 20.3 Å². The highest BCUT2D eigenvalue weighted by Gasteiger charge is 2.34. The van der Waals surface area contributed by atoms with E-state index in [0.717, 1.165) is 59.7 Å². The van der Waals surface area contributed by atoms with E-state index in [4.69, 9.17) is 4.74 Å². The van der Waals surface area contributed by atoms with E-state index < -0.39 is 6.04 Å². The minimum absolute atomic E-state index is 0.0513. The number of piperidine rings is 1. The van der Waals surface area contributed by atoms with Crippen LogP contribution in [0, 0.1) is 13.8 Å². The number of hydrogen-bond acceptors (Lipinski definition) is 7. The van der Waals surface area contributed by atoms with E-state index in [-0.39, 0.29) is 5.91 Å². The summed E-state index contributed by atoms with van der Waals surface area (Å²) in [6, 6.07) is 11.9. The lowest BCUT2D eigenvalue weighted by Gasteiger charge is -2.33. The van der Waals surface area contributed by atoms with Crippen molar-refractivity contribution in [1.82, 2.24) is 14.9 Å². The van der Waals surface area contributed by atoms with Crippen LogP contribution in [0.2, 0.25) is 0 Å². The summed E-state index contributed by atoms with van der Waals surface area (Å²) in [5.74, 6) is 2.20. The molecule has 1 saturated heterocycles. The number of ether oxygens (including phenoxy) is 1. The van der Waals surface area contributed by atoms with E-state index >= 15 is 0 Å². The Morgan fingerprint density at radius 1 is 1.08 bits per heavy atom. The third-order valence-electron chi connectivity index (χ3n) is 7.46. The molecule has 0 bridgehead atoms. The highest BCUT2D eigenvalue weighted by Crippen LogP contribution is 2.38. The van der Waals surface area contributed by atoms with Gasteiger partial charge < -0.3 is 20.3 Å². The number of benzene rings is 2. The van der Waals surface area contributed by atoms with Crippen LogP contribution in [0.4, 0.5) is 23.1 Å². The molecule has 5 rings (SSSR count). The largest absolute Gasteiger partial charge is 0.495 e. The third kappa shape index (κ3) is 4.48. The Morgan fingerprint density at radius 2 is 1.81 bits per heavy atom. The van der Waals surface area contributed by atoms with Gasteiger partial charge >= 0.3 is 0 Å². The van der Waals surface area contributed by atoms with Crippen molar-refractivity contribution in [3.8, 4) is 5.75 Å². The average Bonchev–Trinajstić information content (AvgIpc) is 2.88. The minimum Gasteiger partial charge on any atom is -0.495 e. The van der Waals surface area contributed by atoms with Crippen molar-refractivity contribution < 1.29 is 9.53 Å². The Hall–Kier alpha value is -3.65. The Labute approximate surface area is 212 Å². The number of aryl methyl sites for hydroxylation is 2. The zero-order valence-corrected chi connectivity index (χ0v) is 21.6. The fourth-order valence-corrected chi connectivity index (χ4v) is 5.31. The molecule has 3 aromatic rings. The molecule has 36 heavy (non-hydrogen) atoms. The van der Waals surface area contributed by atoms with Crippen molar-refractivity contribution in [2.75, 3.05) is 49.8 Å². The lowest BCUT2D eigenvalue weighted by molar-refractivity contribution is -0.119. The molecule has 8 heteroatoms. The summed E-state index contributed by atoms with van der Waals surface area (Å²) in [6.45, 7) is 6.28. The minimum atomic E-state index is -0.474. The summed E-state index contributed by atoms with van der Waals surface area (Å²) >= 11 is 0. The molecule has 188 valence electrons. The molecule has 2 N–H and O–H groups in total. The number of nitrogens with zero attached hydrogens (tertiary/aromatic N) is 4. The maximum absolute atomic E-state index is 13.3. The first kappa shape index (κ1) is 24.1. The molecule has 1 amide bonds. The average molecular weight is 487 g/mol. The molecule has 2 aliphatic rings. The van der Waals surface area contributed by atoms with Gasteiger partial charge in [-0.25, -0.2) is 4.98 Å². The summed E-state index contributed by atoms with van der Waals surface area (Å²) < 4.78 is 5.70. The van der Waals surface area contributed by atoms with Crippen LogP contribution >= 0.6 is 0 Å². The van der Waals surface area contributed by atoms with Gasteiger partial charge in [0, 0.05) is 7.05 Å². The normalized spacial score (nSPS) is 18.5. The number of aromatic nitrogens is 2. The van der Waals surface area contributed by atoms with Crippen LogP contribution in [0.25, 0.3) is 0 Å². The van der Waals surface area contributed by atoms with E-state index in [1.807, 2.05) is 38.1 Å². The van der Waals surface area contributed by atoms with E-state index in [2.05, 4.69) is 44.7 Å². The number of carbonyl (C=O) groups excluding carboxylic acids is 1. The first-order chi connectivity index (χ1) is 17.4. The lowest BCUT2D eigenvalue weighted by atomic mass is 9.89. The fourth-order valence-electron chi connectivity index (χ4n) is 5.31. The number of methoxy groups -OCH3 is 1. The second-order valence-electron chi connectivity index (χ2n) is 9.87. The summed E-state index contributed by atoms with van der Waals surface area (Å²) in [5.41, 5.74) is 5.96. The molecule has 0 radical (unpaired) electrons. The Kier molecular flexibility index (Phi) is 6.53. The maximum atomic E-state index is 13.3. The number of hydrogen-bond donors (Lipinski definition) is 2. The molecule has 1 fully saturated rings. The van der Waals surface area contributed by atoms with Gasteiger partial charge in [-0.05, 0) is 87.1 Å². The van der Waals surface area contributed by atoms with Crippen LogP contribution in [-0.2, 0) is 4.79 Å². The number of fused-ring (bicyclic) bond motifs is 1. The zero-order chi connectivity index (χ0) is 25.4. The predicted molar refractivity (Wildman–Crippen MR) is 143 cm³/mol. The van der Waals surface area contributed by atoms with Gasteiger partial charge in [0.1, 0.15) is 11.8 Å². The first-order valence-corrected chi connectivity index (χ1v) is 12.5. The summed E-state index contributed by atoms with van der Waals surface area (Å²) in [5, 5.41) is 6.65. The molecule has 0 aliphatic carbocycles. The van der Waals surface area contributed by atoms with Crippen LogP contribution in [0.1, 0.15) is 47.1 Å². The van der Waals surface area contributed by atoms with Crippen molar-refractivity contribution in [2.45, 2.75) is 38.6 Å². The van der Waals surface area contributed by atoms with Gasteiger partial charge in [0.2, 0.25) is 5.95 Å². The third-order valence-corrected chi connectivity index (χ3v) is 7.46. The summed E-state index contributed by atoms with van der Waals surface area (Å²) in [6.07, 6.45) is 4.03. The molecule has 2 aromatic carbocycles. The molecule has 8 nitrogen and oxygen atoms in total. The van der Waals surface area contributed by atoms with Gasteiger partial charge in [-0.2, -0.15) is 4.98 Å². The fraction of sp³-hybridized carbons (Fsp3) is 0.393. The quantitative estimate of drug-likeness (QED) is 0.537. The van der Waals surface area contributed by atoms with Crippen molar-refractivity contribution >= 4 is 29.0 Å². The van der Waals surface area contributed by atoms with Gasteiger partial charge in [0.25, 0.3) is 5.91 Å². The number of likely N-dealkylation sites (tertiary alicyclic amines) is 1. The first-order valence-electron chi connectivity index (χ1n) is 12.5. The van der Waals surface area contributed by atoms with E-state index in [1.54, 1.807) is 25.3 Å². The smallest absolute Gasteiger partial charge is 0.255 e. The van der Waals surface area contributed by atoms with Crippen molar-refractivity contribution in [2.24, 2.45) is 0 Å². The molecule has 2 aliphatic heterocycles. The molecular weight excluding hydrogens is 452 g/mol. The van der Waals surface area contributed by atoms with Gasteiger partial charge in [-0.3, -0.25) is 9.69 Å². The number of anilines is 4. The Morgan fingerprint density at radius 3 is 2.50 bits per heavy atom. The monoisotopic (exact) mass is 486 g/mol. The molecule has 1 aromatic heterocycles. The summed E-state index contributed by atoms with van der Waals surface area (Å²) in [7, 11) is 5.61. The summed E-state index contributed by atoms with van der Waals surface area (Å²) in [4.78, 5) is 26.5. The van der Waals surface area contributed by atoms with Crippen LogP contribution in [0.15, 0.2) is 42.6 Å². The van der Waals surface area contributed by atoms with Gasteiger partial charge in [0.15, 0.2) is 5.82 Å². The van der Waals surface area contributed by atoms with Gasteiger partial charge in [-0.15, -0.1) is 0 Å². The standard InChI is InChI=1S/C28H34N6O2/c1-17-7-6-8-18(2)24(17)25-27(35)34(4)26-22(30-25)16-29-28(32-26)31-21-10-9-20(15-23(21)36-5)19-11-13-33(3)14-12-19/h6-10,15-16,19,25,30H,11-14H2,1-5H3,(H,29,31,32). The second kappa shape index (κ2) is 9.78. The lowest BCUT2D eigenvalue weighted by Crippen LogP contribution is -2.41. The van der Waals surface area contributed by atoms with E-state index in [9.17, 15) is 4.79 Å². The van der Waals surface area contributed by atoms with E-state index in [1.165, 1.54) is 5.56 Å². The molecule has 1 atom stereocenters. The molecule has 3 heterocycles. The highest BCUT2D eigenvalue weighted by atomic mass is 16.5. The van der Waals surface area contributed by atoms with Crippen molar-refractivity contribution in [3.05, 3.63) is 64.8 Å². The van der Waals surface area contributed by atoms with Gasteiger partial charge in [-0.1, -0.05) is 24.3 Å². The van der Waals surface area contributed by atoms with Gasteiger partial charge in [0.05, 0.1) is 24.7 Å². The Balaban J connectivity index is 1.38. The predicted octanol–water partition coefficient (Wildman–Crippen LogP) is 4.78. The molecular formula is C28H34N6O2. The number of nitrogens with one attached hydrogen (secondary N) is 2. The van der Waals surface area contributed by atoms with Crippen LogP contribution in [-0.4, -0.2) is 55.1 Å². The second-order valence-corrected chi connectivity index (χ2v) is 9.87. The number of likely N-dealkylation sites (N-methyl/N-ethyl adjacent to an activating group) is 1. The number of amides is 1. The topological polar surface area (TPSA) is 82.6 Å². The Bertz CT molecular complexity index is 1260. The van der Waals surface area contributed by atoms with Crippen molar-refractivity contribution in [1.29, 1.82) is 0 Å². The molecule has 1 unspecified atom stereocenters. The van der Waals surface area contributed by atoms with Crippen LogP contribution in [0.5, 0.6) is 5.75 Å².